The second-order valence-electron chi connectivity index (χ2n) is 11.5. The Labute approximate surface area is 249 Å². The molecule has 208 valence electrons. The Kier molecular flexibility index (Phi) is 9.60. The number of hydrogen-bond acceptors (Lipinski definition) is 1. The lowest BCUT2D eigenvalue weighted by molar-refractivity contribution is 0.131. The molecule has 5 rings (SSSR count). The molecule has 4 aromatic rings. The molecule has 0 saturated carbocycles. The summed E-state index contributed by atoms with van der Waals surface area (Å²) < 4.78 is 0.986. The fraction of sp³-hybridized carbons (Fsp3) is 0.368. The van der Waals surface area contributed by atoms with Gasteiger partial charge in [-0.05, 0) is 58.7 Å². The Balaban J connectivity index is 1.62. The molecule has 0 heterocycles. The van der Waals surface area contributed by atoms with Gasteiger partial charge in [0.1, 0.15) is 5.60 Å². The standard InChI is InChI=1S/C38H43BrO/c1-3-5-7-10-16-28(17-11-8-6-4-2)30-22-24-33-34-25-23-31(39)27-37(34)38(40,36(33)26-30)35-21-15-14-20-32(35)29-18-12-9-13-19-29/h9,12-15,18-28,40H,3-8,10-11,16-17H2,1-2H3. The van der Waals surface area contributed by atoms with E-state index in [0.717, 1.165) is 43.4 Å². The maximum atomic E-state index is 13.0. The van der Waals surface area contributed by atoms with Crippen LogP contribution in [0.1, 0.15) is 106 Å². The van der Waals surface area contributed by atoms with E-state index < -0.39 is 5.60 Å². The lowest BCUT2D eigenvalue weighted by Crippen LogP contribution is -2.27. The molecule has 1 nitrogen and oxygen atoms in total. The van der Waals surface area contributed by atoms with Crippen LogP contribution in [0.15, 0.2) is 95.5 Å². The van der Waals surface area contributed by atoms with Crippen molar-refractivity contribution in [3.63, 3.8) is 0 Å². The van der Waals surface area contributed by atoms with Crippen LogP contribution in [0.5, 0.6) is 0 Å². The van der Waals surface area contributed by atoms with Crippen LogP contribution in [0.2, 0.25) is 0 Å². The van der Waals surface area contributed by atoms with Gasteiger partial charge in [-0.2, -0.15) is 0 Å². The molecule has 1 aliphatic rings. The maximum Gasteiger partial charge on any atom is 0.142 e. The van der Waals surface area contributed by atoms with Crippen LogP contribution in [-0.2, 0) is 5.60 Å². The average Bonchev–Trinajstić information content (AvgIpc) is 3.24. The maximum absolute atomic E-state index is 13.0. The second-order valence-corrected chi connectivity index (χ2v) is 12.4. The van der Waals surface area contributed by atoms with E-state index in [1.54, 1.807) is 0 Å². The molecule has 0 aromatic heterocycles. The quantitative estimate of drug-likeness (QED) is 0.152. The summed E-state index contributed by atoms with van der Waals surface area (Å²) in [6.07, 6.45) is 12.8. The molecule has 0 fully saturated rings. The third kappa shape index (κ3) is 5.85. The summed E-state index contributed by atoms with van der Waals surface area (Å²) in [5, 5.41) is 13.0. The summed E-state index contributed by atoms with van der Waals surface area (Å²) in [5.74, 6) is 0.531. The summed E-state index contributed by atoms with van der Waals surface area (Å²) in [7, 11) is 0. The van der Waals surface area contributed by atoms with Gasteiger partial charge in [-0.15, -0.1) is 0 Å². The fourth-order valence-corrected chi connectivity index (χ4v) is 6.98. The Morgan fingerprint density at radius 2 is 1.20 bits per heavy atom. The van der Waals surface area contributed by atoms with Gasteiger partial charge in [0.05, 0.1) is 0 Å². The number of rotatable bonds is 13. The minimum Gasteiger partial charge on any atom is -0.376 e. The second kappa shape index (κ2) is 13.3. The van der Waals surface area contributed by atoms with Crippen LogP contribution in [0.3, 0.4) is 0 Å². The van der Waals surface area contributed by atoms with E-state index in [2.05, 4.69) is 115 Å². The van der Waals surface area contributed by atoms with Gasteiger partial charge in [0.2, 0.25) is 0 Å². The van der Waals surface area contributed by atoms with Crippen molar-refractivity contribution in [1.82, 2.24) is 0 Å². The van der Waals surface area contributed by atoms with E-state index in [-0.39, 0.29) is 0 Å². The first-order valence-electron chi connectivity index (χ1n) is 15.4. The lowest BCUT2D eigenvalue weighted by Gasteiger charge is -2.30. The normalized spacial score (nSPS) is 15.8. The van der Waals surface area contributed by atoms with Crippen LogP contribution in [0.4, 0.5) is 0 Å². The van der Waals surface area contributed by atoms with Gasteiger partial charge in [0.15, 0.2) is 0 Å². The highest BCUT2D eigenvalue weighted by Crippen LogP contribution is 2.54. The van der Waals surface area contributed by atoms with Gasteiger partial charge in [-0.1, -0.05) is 160 Å². The molecule has 0 saturated heterocycles. The fourth-order valence-electron chi connectivity index (χ4n) is 6.62. The SMILES string of the molecule is CCCCCCC(CCCCCC)c1ccc2c(c1)C(O)(c1ccccc1-c1ccccc1)c1cc(Br)ccc1-2. The van der Waals surface area contributed by atoms with Crippen molar-refractivity contribution in [2.45, 2.75) is 89.6 Å². The molecular weight excluding hydrogens is 552 g/mol. The first-order chi connectivity index (χ1) is 19.6. The molecule has 2 heteroatoms. The van der Waals surface area contributed by atoms with Crippen molar-refractivity contribution >= 4 is 15.9 Å². The van der Waals surface area contributed by atoms with E-state index in [1.165, 1.54) is 69.8 Å². The smallest absolute Gasteiger partial charge is 0.142 e. The van der Waals surface area contributed by atoms with E-state index in [1.807, 2.05) is 6.07 Å². The molecule has 0 spiro atoms. The van der Waals surface area contributed by atoms with E-state index in [4.69, 9.17) is 0 Å². The van der Waals surface area contributed by atoms with Gasteiger partial charge in [-0.25, -0.2) is 0 Å². The number of aliphatic hydroxyl groups is 1. The lowest BCUT2D eigenvalue weighted by atomic mass is 9.78. The van der Waals surface area contributed by atoms with E-state index >= 15 is 0 Å². The first-order valence-corrected chi connectivity index (χ1v) is 16.2. The predicted molar refractivity (Wildman–Crippen MR) is 174 cm³/mol. The van der Waals surface area contributed by atoms with Gasteiger partial charge in [-0.3, -0.25) is 0 Å². The highest BCUT2D eigenvalue weighted by Gasteiger charge is 2.45. The number of benzene rings is 4. The van der Waals surface area contributed by atoms with Crippen molar-refractivity contribution < 1.29 is 5.11 Å². The van der Waals surface area contributed by atoms with Crippen molar-refractivity contribution in [2.24, 2.45) is 0 Å². The highest BCUT2D eigenvalue weighted by atomic mass is 79.9. The van der Waals surface area contributed by atoms with Gasteiger partial charge in [0.25, 0.3) is 0 Å². The molecule has 1 aliphatic carbocycles. The topological polar surface area (TPSA) is 20.2 Å². The van der Waals surface area contributed by atoms with Crippen molar-refractivity contribution in [3.05, 3.63) is 118 Å². The number of hydrogen-bond donors (Lipinski definition) is 1. The molecule has 40 heavy (non-hydrogen) atoms. The van der Waals surface area contributed by atoms with Gasteiger partial charge < -0.3 is 5.11 Å². The zero-order valence-electron chi connectivity index (χ0n) is 24.1. The molecule has 1 N–H and O–H groups in total. The molecule has 0 aliphatic heterocycles. The predicted octanol–water partition coefficient (Wildman–Crippen LogP) is 11.4. The third-order valence-corrected chi connectivity index (χ3v) is 9.27. The highest BCUT2D eigenvalue weighted by molar-refractivity contribution is 9.10. The van der Waals surface area contributed by atoms with E-state index in [9.17, 15) is 5.11 Å². The molecule has 1 unspecified atom stereocenters. The Morgan fingerprint density at radius 1 is 0.600 bits per heavy atom. The van der Waals surface area contributed by atoms with Crippen LogP contribution in [0.25, 0.3) is 22.3 Å². The summed E-state index contributed by atoms with van der Waals surface area (Å²) in [4.78, 5) is 0. The molecule has 0 radical (unpaired) electrons. The van der Waals surface area contributed by atoms with Crippen LogP contribution in [-0.4, -0.2) is 5.11 Å². The Bertz CT molecular complexity index is 1400. The summed E-state index contributed by atoms with van der Waals surface area (Å²) in [6.45, 7) is 4.57. The molecule has 0 amide bonds. The number of unbranched alkanes of at least 4 members (excludes halogenated alkanes) is 6. The zero-order valence-corrected chi connectivity index (χ0v) is 25.7. The van der Waals surface area contributed by atoms with Crippen molar-refractivity contribution in [1.29, 1.82) is 0 Å². The van der Waals surface area contributed by atoms with Crippen LogP contribution < -0.4 is 0 Å². The largest absolute Gasteiger partial charge is 0.376 e. The Morgan fingerprint density at radius 3 is 1.88 bits per heavy atom. The summed E-state index contributed by atoms with van der Waals surface area (Å²) in [6, 6.07) is 32.2. The summed E-state index contributed by atoms with van der Waals surface area (Å²) >= 11 is 3.71. The third-order valence-electron chi connectivity index (χ3n) is 8.78. The molecule has 4 aromatic carbocycles. The molecule has 1 atom stereocenters. The van der Waals surface area contributed by atoms with E-state index in [0.29, 0.717) is 5.92 Å². The van der Waals surface area contributed by atoms with Crippen molar-refractivity contribution in [2.75, 3.05) is 0 Å². The van der Waals surface area contributed by atoms with Gasteiger partial charge in [0, 0.05) is 21.2 Å². The molecular formula is C38H43BrO. The van der Waals surface area contributed by atoms with Gasteiger partial charge >= 0.3 is 0 Å². The number of fused-ring (bicyclic) bond motifs is 3. The van der Waals surface area contributed by atoms with Crippen molar-refractivity contribution in [3.8, 4) is 22.3 Å². The van der Waals surface area contributed by atoms with Crippen LogP contribution in [0, 0.1) is 0 Å². The number of halogens is 1. The first kappa shape index (κ1) is 28.8. The van der Waals surface area contributed by atoms with Crippen LogP contribution >= 0.6 is 15.9 Å². The summed E-state index contributed by atoms with van der Waals surface area (Å²) in [5.41, 5.74) is 7.54. The average molecular weight is 596 g/mol. The Hall–Kier alpha value is -2.68. The molecule has 0 bridgehead atoms. The minimum atomic E-state index is -1.23. The minimum absolute atomic E-state index is 0.531. The monoisotopic (exact) mass is 594 g/mol. The zero-order chi connectivity index (χ0) is 28.0.